The van der Waals surface area contributed by atoms with Crippen molar-refractivity contribution in [3.05, 3.63) is 30.5 Å². The molecule has 0 amide bonds. The van der Waals surface area contributed by atoms with E-state index in [-0.39, 0.29) is 5.95 Å². The predicted molar refractivity (Wildman–Crippen MR) is 44.3 cm³/mol. The smallest absolute Gasteiger partial charge is 0.219 e. The van der Waals surface area contributed by atoms with Gasteiger partial charge in [0.15, 0.2) is 0 Å². The van der Waals surface area contributed by atoms with Crippen LogP contribution in [0.1, 0.15) is 0 Å². The van der Waals surface area contributed by atoms with Gasteiger partial charge in [-0.2, -0.15) is 5.54 Å². The van der Waals surface area contributed by atoms with E-state index in [1.807, 2.05) is 18.2 Å². The Balaban J connectivity index is 2.67. The van der Waals surface area contributed by atoms with E-state index in [2.05, 4.69) is 9.97 Å². The molecule has 0 aliphatic heterocycles. The molecule has 0 atom stereocenters. The summed E-state index contributed by atoms with van der Waals surface area (Å²) < 4.78 is 11.9. The number of benzene rings is 1. The lowest BCUT2D eigenvalue weighted by atomic mass is 10.2. The zero-order valence-electron chi connectivity index (χ0n) is 6.16. The molecule has 1 heterocycles. The quantitative estimate of drug-likeness (QED) is 0.652. The fourth-order valence-corrected chi connectivity index (χ4v) is 1.02. The van der Waals surface area contributed by atoms with Crippen molar-refractivity contribution in [2.24, 2.45) is 0 Å². The number of fused-ring (bicyclic) bond motifs is 1. The average molecular weight is 163 g/mol. The largest absolute Gasteiger partial charge is 0.251 e. The second-order valence-electron chi connectivity index (χ2n) is 2.35. The molecule has 0 bridgehead atoms. The van der Waals surface area contributed by atoms with Gasteiger partial charge in [0.25, 0.3) is 5.95 Å². The summed E-state index contributed by atoms with van der Waals surface area (Å²) in [4.78, 5) is 7.62. The number of para-hydroxylation sites is 1. The normalized spacial score (nSPS) is 10.1. The average Bonchev–Trinajstić information content (AvgIpc) is 2.17. The lowest BCUT2D eigenvalue weighted by molar-refractivity contribution is 0.606. The van der Waals surface area contributed by atoms with Crippen LogP contribution in [-0.2, 0) is 0 Å². The fourth-order valence-electron chi connectivity index (χ4n) is 1.02. The molecule has 2 aromatic rings. The highest BCUT2D eigenvalue weighted by atomic mass is 19.2. The molecule has 0 spiro atoms. The number of halogens is 1. The molecule has 0 aliphatic carbocycles. The summed E-state index contributed by atoms with van der Waals surface area (Å²) in [5.41, 5.74) is 2.13. The van der Waals surface area contributed by atoms with Crippen LogP contribution < -0.4 is 5.54 Å². The molecular formula is C8H6FN3. The van der Waals surface area contributed by atoms with Crippen LogP contribution in [0.5, 0.6) is 0 Å². The van der Waals surface area contributed by atoms with E-state index in [0.29, 0.717) is 0 Å². The van der Waals surface area contributed by atoms with Gasteiger partial charge < -0.3 is 0 Å². The van der Waals surface area contributed by atoms with Crippen LogP contribution in [0.2, 0.25) is 0 Å². The van der Waals surface area contributed by atoms with Gasteiger partial charge in [-0.25, -0.2) is 9.97 Å². The Bertz CT molecular complexity index is 402. The minimum atomic E-state index is -0.00583. The van der Waals surface area contributed by atoms with Gasteiger partial charge in [-0.3, -0.25) is 0 Å². The molecule has 3 nitrogen and oxygen atoms in total. The summed E-state index contributed by atoms with van der Waals surface area (Å²) >= 11 is 0. The molecule has 2 rings (SSSR count). The minimum Gasteiger partial charge on any atom is -0.219 e. The maximum Gasteiger partial charge on any atom is 0.251 e. The molecule has 0 saturated heterocycles. The standard InChI is InChI=1S/C8H6FN3/c9-12-8-10-5-6-3-1-2-4-7(6)11-8/h1-5H,(H,10,11,12). The maximum atomic E-state index is 11.9. The van der Waals surface area contributed by atoms with E-state index < -0.39 is 0 Å². The van der Waals surface area contributed by atoms with Gasteiger partial charge in [0, 0.05) is 11.6 Å². The van der Waals surface area contributed by atoms with Crippen LogP contribution in [0.25, 0.3) is 10.9 Å². The Morgan fingerprint density at radius 1 is 1.25 bits per heavy atom. The third kappa shape index (κ3) is 1.07. The maximum absolute atomic E-state index is 11.9. The highest BCUT2D eigenvalue weighted by molar-refractivity contribution is 5.78. The second kappa shape index (κ2) is 2.73. The zero-order valence-corrected chi connectivity index (χ0v) is 6.16. The Kier molecular flexibility index (Phi) is 1.59. The van der Waals surface area contributed by atoms with Crippen molar-refractivity contribution >= 4 is 16.9 Å². The van der Waals surface area contributed by atoms with E-state index in [9.17, 15) is 4.48 Å². The summed E-state index contributed by atoms with van der Waals surface area (Å²) in [7, 11) is 0. The molecule has 4 heteroatoms. The van der Waals surface area contributed by atoms with Gasteiger partial charge in [-0.15, -0.1) is 4.48 Å². The van der Waals surface area contributed by atoms with Crippen LogP contribution in [0.15, 0.2) is 30.5 Å². The Labute approximate surface area is 68.2 Å². The third-order valence-electron chi connectivity index (χ3n) is 1.57. The molecule has 0 radical (unpaired) electrons. The number of nitrogens with one attached hydrogen (secondary N) is 1. The molecule has 1 aromatic carbocycles. The summed E-state index contributed by atoms with van der Waals surface area (Å²) in [5, 5.41) is 0.900. The molecule has 1 N–H and O–H groups in total. The van der Waals surface area contributed by atoms with Gasteiger partial charge >= 0.3 is 0 Å². The summed E-state index contributed by atoms with van der Waals surface area (Å²) in [6.07, 6.45) is 1.57. The third-order valence-corrected chi connectivity index (χ3v) is 1.57. The highest BCUT2D eigenvalue weighted by Crippen LogP contribution is 2.11. The first-order chi connectivity index (χ1) is 5.90. The van der Waals surface area contributed by atoms with Crippen LogP contribution in [0.4, 0.5) is 10.4 Å². The van der Waals surface area contributed by atoms with Crippen molar-refractivity contribution in [1.82, 2.24) is 9.97 Å². The van der Waals surface area contributed by atoms with E-state index in [1.165, 1.54) is 5.54 Å². The van der Waals surface area contributed by atoms with E-state index in [4.69, 9.17) is 0 Å². The summed E-state index contributed by atoms with van der Waals surface area (Å²) in [6, 6.07) is 7.40. The molecule has 1 aromatic heterocycles. The summed E-state index contributed by atoms with van der Waals surface area (Å²) in [5.74, 6) is -0.00583. The number of anilines is 1. The SMILES string of the molecule is FNc1ncc2ccccc2n1. The number of hydrogen-bond donors (Lipinski definition) is 1. The number of nitrogens with zero attached hydrogens (tertiary/aromatic N) is 2. The number of aromatic nitrogens is 2. The highest BCUT2D eigenvalue weighted by Gasteiger charge is 1.96. The van der Waals surface area contributed by atoms with Gasteiger partial charge in [0.1, 0.15) is 0 Å². The van der Waals surface area contributed by atoms with Gasteiger partial charge in [-0.05, 0) is 6.07 Å². The molecular weight excluding hydrogens is 157 g/mol. The first-order valence-electron chi connectivity index (χ1n) is 3.48. The predicted octanol–water partition coefficient (Wildman–Crippen LogP) is 1.93. The van der Waals surface area contributed by atoms with Crippen molar-refractivity contribution in [2.45, 2.75) is 0 Å². The Morgan fingerprint density at radius 2 is 2.08 bits per heavy atom. The van der Waals surface area contributed by atoms with E-state index in [1.54, 1.807) is 12.3 Å². The molecule has 60 valence electrons. The summed E-state index contributed by atoms with van der Waals surface area (Å²) in [6.45, 7) is 0. The molecule has 0 fully saturated rings. The second-order valence-corrected chi connectivity index (χ2v) is 2.35. The van der Waals surface area contributed by atoms with Crippen LogP contribution >= 0.6 is 0 Å². The van der Waals surface area contributed by atoms with Gasteiger partial charge in [0.2, 0.25) is 0 Å². The number of rotatable bonds is 1. The topological polar surface area (TPSA) is 37.8 Å². The van der Waals surface area contributed by atoms with Crippen molar-refractivity contribution in [3.63, 3.8) is 0 Å². The number of hydrogen-bond acceptors (Lipinski definition) is 3. The Hall–Kier alpha value is -1.71. The van der Waals surface area contributed by atoms with Crippen molar-refractivity contribution < 1.29 is 4.48 Å². The Morgan fingerprint density at radius 3 is 2.92 bits per heavy atom. The minimum absolute atomic E-state index is 0.00583. The van der Waals surface area contributed by atoms with Crippen molar-refractivity contribution in [1.29, 1.82) is 0 Å². The zero-order chi connectivity index (χ0) is 8.39. The van der Waals surface area contributed by atoms with E-state index in [0.717, 1.165) is 10.9 Å². The van der Waals surface area contributed by atoms with Gasteiger partial charge in [-0.1, -0.05) is 18.2 Å². The molecule has 12 heavy (non-hydrogen) atoms. The molecule has 0 unspecified atom stereocenters. The lowest BCUT2D eigenvalue weighted by Gasteiger charge is -1.96. The van der Waals surface area contributed by atoms with Crippen LogP contribution in [0.3, 0.4) is 0 Å². The monoisotopic (exact) mass is 163 g/mol. The van der Waals surface area contributed by atoms with Gasteiger partial charge in [0.05, 0.1) is 5.52 Å². The van der Waals surface area contributed by atoms with E-state index >= 15 is 0 Å². The lowest BCUT2D eigenvalue weighted by Crippen LogP contribution is -1.91. The first kappa shape index (κ1) is 6.97. The van der Waals surface area contributed by atoms with Crippen LogP contribution in [0, 0.1) is 0 Å². The first-order valence-corrected chi connectivity index (χ1v) is 3.48. The molecule has 0 saturated carbocycles. The molecule has 0 aliphatic rings. The fraction of sp³-hybridized carbons (Fsp3) is 0. The van der Waals surface area contributed by atoms with Crippen molar-refractivity contribution in [2.75, 3.05) is 5.54 Å². The van der Waals surface area contributed by atoms with Crippen molar-refractivity contribution in [3.8, 4) is 0 Å². The van der Waals surface area contributed by atoms with Crippen LogP contribution in [-0.4, -0.2) is 9.97 Å².